The van der Waals surface area contributed by atoms with Crippen LogP contribution in [0.1, 0.15) is 5.56 Å². The summed E-state index contributed by atoms with van der Waals surface area (Å²) in [5.74, 6) is -2.76. The second-order valence-electron chi connectivity index (χ2n) is 6.01. The number of aryl methyl sites for hydroxylation is 1. The Hall–Kier alpha value is -3.70. The maximum absolute atomic E-state index is 12.7. The minimum Gasteiger partial charge on any atom is -0.475 e. The number of nitrogens with one attached hydrogen (secondary N) is 1. The second-order valence-corrected chi connectivity index (χ2v) is 6.01. The molecule has 3 aromatic rings. The number of alkyl halides is 3. The number of H-pyrrole nitrogens is 1. The Balaban J connectivity index is 0.000000298. The molecule has 9 nitrogen and oxygen atoms in total. The summed E-state index contributed by atoms with van der Waals surface area (Å²) in [5.41, 5.74) is 4.11. The van der Waals surface area contributed by atoms with Crippen molar-refractivity contribution < 1.29 is 27.9 Å². The number of imidazole rings is 1. The van der Waals surface area contributed by atoms with E-state index in [1.807, 2.05) is 19.1 Å². The van der Waals surface area contributed by atoms with Crippen LogP contribution in [0.25, 0.3) is 11.2 Å². The Bertz CT molecular complexity index is 1050. The molecule has 29 heavy (non-hydrogen) atoms. The molecular formula is C17H15F3N6O3. The Kier molecular flexibility index (Phi) is 5.35. The normalized spacial score (nSPS) is 14.1. The van der Waals surface area contributed by atoms with Crippen molar-refractivity contribution in [2.24, 2.45) is 0 Å². The van der Waals surface area contributed by atoms with E-state index in [1.54, 1.807) is 34.7 Å². The number of carboxylic acid groups (broad SMARTS) is 1. The first-order valence-corrected chi connectivity index (χ1v) is 8.27. The standard InChI is InChI=1S/C15H14N6O.C2HF3O2/c1-10-2-3-16-8-13(10)21-5-4-20(15(21)22)11-6-12-14(17-7-11)19-9-18-12;3-2(4,5)1(6)7/h2-3,6-9H,4-5H2,1H3,(H,17,18,19);(H,6,7). The molecule has 0 radical (unpaired) electrons. The number of halogens is 3. The Morgan fingerprint density at radius 1 is 1.21 bits per heavy atom. The lowest BCUT2D eigenvalue weighted by atomic mass is 10.2. The highest BCUT2D eigenvalue weighted by atomic mass is 19.4. The number of fused-ring (bicyclic) bond motifs is 1. The molecule has 4 rings (SSSR count). The number of rotatable bonds is 2. The minimum atomic E-state index is -5.08. The third kappa shape index (κ3) is 4.25. The molecular weight excluding hydrogens is 393 g/mol. The van der Waals surface area contributed by atoms with E-state index in [4.69, 9.17) is 9.90 Å². The number of anilines is 2. The minimum absolute atomic E-state index is 0.0622. The van der Waals surface area contributed by atoms with Gasteiger partial charge in [-0.15, -0.1) is 0 Å². The van der Waals surface area contributed by atoms with Crippen molar-refractivity contribution in [3.05, 3.63) is 42.6 Å². The number of aromatic amines is 1. The fourth-order valence-electron chi connectivity index (χ4n) is 2.70. The van der Waals surface area contributed by atoms with Gasteiger partial charge in [-0.3, -0.25) is 14.8 Å². The Morgan fingerprint density at radius 3 is 2.55 bits per heavy atom. The van der Waals surface area contributed by atoms with E-state index >= 15 is 0 Å². The van der Waals surface area contributed by atoms with Crippen LogP contribution in [0, 0.1) is 6.92 Å². The van der Waals surface area contributed by atoms with Crippen molar-refractivity contribution in [3.63, 3.8) is 0 Å². The van der Waals surface area contributed by atoms with Crippen molar-refractivity contribution in [3.8, 4) is 0 Å². The lowest BCUT2D eigenvalue weighted by Gasteiger charge is -2.19. The van der Waals surface area contributed by atoms with Gasteiger partial charge in [0.2, 0.25) is 0 Å². The maximum atomic E-state index is 12.7. The number of amides is 2. The zero-order valence-electron chi connectivity index (χ0n) is 15.0. The van der Waals surface area contributed by atoms with Gasteiger partial charge in [-0.05, 0) is 24.6 Å². The molecule has 0 aromatic carbocycles. The molecule has 1 saturated heterocycles. The van der Waals surface area contributed by atoms with Crippen LogP contribution >= 0.6 is 0 Å². The van der Waals surface area contributed by atoms with Crippen molar-refractivity contribution in [1.29, 1.82) is 0 Å². The van der Waals surface area contributed by atoms with Crippen LogP contribution < -0.4 is 9.80 Å². The van der Waals surface area contributed by atoms with E-state index in [0.717, 1.165) is 28.1 Å². The fourth-order valence-corrected chi connectivity index (χ4v) is 2.70. The molecule has 0 bridgehead atoms. The quantitative estimate of drug-likeness (QED) is 0.674. The summed E-state index contributed by atoms with van der Waals surface area (Å²) in [4.78, 5) is 40.6. The molecule has 12 heteroatoms. The number of hydrogen-bond acceptors (Lipinski definition) is 5. The lowest BCUT2D eigenvalue weighted by Crippen LogP contribution is -2.32. The summed E-state index contributed by atoms with van der Waals surface area (Å²) in [6.45, 7) is 3.22. The van der Waals surface area contributed by atoms with Gasteiger partial charge in [0.1, 0.15) is 5.52 Å². The smallest absolute Gasteiger partial charge is 0.475 e. The third-order valence-electron chi connectivity index (χ3n) is 4.12. The lowest BCUT2D eigenvalue weighted by molar-refractivity contribution is -0.192. The predicted molar refractivity (Wildman–Crippen MR) is 96.6 cm³/mol. The molecule has 0 spiro atoms. The fraction of sp³-hybridized carbons (Fsp3) is 0.235. The number of carbonyl (C=O) groups excluding carboxylic acids is 1. The van der Waals surface area contributed by atoms with E-state index in [9.17, 15) is 18.0 Å². The maximum Gasteiger partial charge on any atom is 0.490 e. The number of aromatic nitrogens is 4. The second kappa shape index (κ2) is 7.73. The van der Waals surface area contributed by atoms with Crippen LogP contribution in [0.4, 0.5) is 29.3 Å². The van der Waals surface area contributed by atoms with E-state index in [0.29, 0.717) is 13.1 Å². The van der Waals surface area contributed by atoms with Crippen LogP contribution in [-0.2, 0) is 4.79 Å². The monoisotopic (exact) mass is 408 g/mol. The zero-order valence-corrected chi connectivity index (χ0v) is 15.0. The number of pyridine rings is 2. The molecule has 4 heterocycles. The molecule has 1 fully saturated rings. The Labute approximate surface area is 161 Å². The topological polar surface area (TPSA) is 115 Å². The number of nitrogens with zero attached hydrogens (tertiary/aromatic N) is 5. The molecule has 1 aliphatic rings. The van der Waals surface area contributed by atoms with Gasteiger partial charge in [-0.1, -0.05) is 0 Å². The van der Waals surface area contributed by atoms with Crippen LogP contribution in [0.15, 0.2) is 37.1 Å². The highest BCUT2D eigenvalue weighted by molar-refractivity contribution is 6.06. The highest BCUT2D eigenvalue weighted by Gasteiger charge is 2.38. The molecule has 3 aromatic heterocycles. The van der Waals surface area contributed by atoms with Crippen molar-refractivity contribution >= 4 is 34.5 Å². The third-order valence-corrected chi connectivity index (χ3v) is 4.12. The van der Waals surface area contributed by atoms with Crippen LogP contribution in [-0.4, -0.2) is 56.3 Å². The average Bonchev–Trinajstić information content (AvgIpc) is 3.27. The molecule has 0 atom stereocenters. The van der Waals surface area contributed by atoms with Gasteiger partial charge in [-0.25, -0.2) is 19.6 Å². The first-order valence-electron chi connectivity index (χ1n) is 8.27. The van der Waals surface area contributed by atoms with Gasteiger partial charge < -0.3 is 10.1 Å². The number of aliphatic carboxylic acids is 1. The molecule has 0 aliphatic carbocycles. The van der Waals surface area contributed by atoms with Crippen molar-refractivity contribution in [2.75, 3.05) is 22.9 Å². The first kappa shape index (κ1) is 20.0. The SMILES string of the molecule is Cc1ccncc1N1CCN(c2cnc3[nH]cnc3c2)C1=O.O=C(O)C(F)(F)F. The van der Waals surface area contributed by atoms with Gasteiger partial charge >= 0.3 is 18.2 Å². The van der Waals surface area contributed by atoms with Gasteiger partial charge in [0.15, 0.2) is 5.65 Å². The average molecular weight is 408 g/mol. The summed E-state index contributed by atoms with van der Waals surface area (Å²) in [6, 6.07) is 3.71. The van der Waals surface area contributed by atoms with Crippen LogP contribution in [0.3, 0.4) is 0 Å². The van der Waals surface area contributed by atoms with Gasteiger partial charge in [0.25, 0.3) is 0 Å². The predicted octanol–water partition coefficient (Wildman–Crippen LogP) is 2.74. The highest BCUT2D eigenvalue weighted by Crippen LogP contribution is 2.27. The molecule has 2 amide bonds. The first-order chi connectivity index (χ1) is 13.7. The summed E-state index contributed by atoms with van der Waals surface area (Å²) in [5, 5.41) is 7.12. The van der Waals surface area contributed by atoms with Crippen LogP contribution in [0.2, 0.25) is 0 Å². The van der Waals surface area contributed by atoms with Crippen LogP contribution in [0.5, 0.6) is 0 Å². The number of hydrogen-bond donors (Lipinski definition) is 2. The molecule has 0 saturated carbocycles. The summed E-state index contributed by atoms with van der Waals surface area (Å²) in [6.07, 6.45) is 1.66. The Morgan fingerprint density at radius 2 is 1.90 bits per heavy atom. The molecule has 1 aliphatic heterocycles. The van der Waals surface area contributed by atoms with E-state index in [1.165, 1.54) is 0 Å². The largest absolute Gasteiger partial charge is 0.490 e. The molecule has 152 valence electrons. The van der Waals surface area contributed by atoms with E-state index in [2.05, 4.69) is 19.9 Å². The molecule has 0 unspecified atom stereocenters. The van der Waals surface area contributed by atoms with Gasteiger partial charge in [-0.2, -0.15) is 13.2 Å². The summed E-state index contributed by atoms with van der Waals surface area (Å²) < 4.78 is 31.7. The summed E-state index contributed by atoms with van der Waals surface area (Å²) >= 11 is 0. The zero-order chi connectivity index (χ0) is 21.2. The van der Waals surface area contributed by atoms with Gasteiger partial charge in [0, 0.05) is 19.3 Å². The summed E-state index contributed by atoms with van der Waals surface area (Å²) in [7, 11) is 0. The number of carboxylic acids is 1. The van der Waals surface area contributed by atoms with Crippen molar-refractivity contribution in [2.45, 2.75) is 13.1 Å². The number of carbonyl (C=O) groups is 2. The van der Waals surface area contributed by atoms with E-state index < -0.39 is 12.1 Å². The molecule has 2 N–H and O–H groups in total. The van der Waals surface area contributed by atoms with Crippen molar-refractivity contribution in [1.82, 2.24) is 19.9 Å². The van der Waals surface area contributed by atoms with Gasteiger partial charge in [0.05, 0.1) is 30.1 Å². The van der Waals surface area contributed by atoms with E-state index in [-0.39, 0.29) is 6.03 Å². The number of urea groups is 1.